The summed E-state index contributed by atoms with van der Waals surface area (Å²) in [5, 5.41) is 24.4. The molecule has 3 aromatic heterocycles. The summed E-state index contributed by atoms with van der Waals surface area (Å²) in [7, 11) is 0. The van der Waals surface area contributed by atoms with Gasteiger partial charge in [-0.15, -0.1) is 32.9 Å². The Bertz CT molecular complexity index is 1080. The highest BCUT2D eigenvalue weighted by Gasteiger charge is 2.24. The number of amides is 1. The zero-order valence-corrected chi connectivity index (χ0v) is 19.4. The van der Waals surface area contributed by atoms with Gasteiger partial charge < -0.3 is 9.88 Å². The topological polar surface area (TPSA) is 83.6 Å². The molecule has 4 rings (SSSR count). The first-order valence-corrected chi connectivity index (χ1v) is 12.7. The number of thioether (sulfide) groups is 1. The van der Waals surface area contributed by atoms with Gasteiger partial charge in [0, 0.05) is 11.4 Å². The lowest BCUT2D eigenvalue weighted by Gasteiger charge is -2.12. The molecule has 9 heteroatoms. The van der Waals surface area contributed by atoms with Crippen LogP contribution in [0.2, 0.25) is 0 Å². The second kappa shape index (κ2) is 9.33. The first-order chi connectivity index (χ1) is 14.6. The van der Waals surface area contributed by atoms with Crippen molar-refractivity contribution in [2.45, 2.75) is 62.9 Å². The molecule has 1 atom stereocenters. The van der Waals surface area contributed by atoms with Crippen LogP contribution in [0.15, 0.2) is 22.7 Å². The van der Waals surface area contributed by atoms with Gasteiger partial charge in [0.05, 0.1) is 15.7 Å². The van der Waals surface area contributed by atoms with Crippen molar-refractivity contribution in [2.24, 2.45) is 0 Å². The number of anilines is 1. The molecule has 0 fully saturated rings. The summed E-state index contributed by atoms with van der Waals surface area (Å²) in [6.45, 7) is 4.64. The first kappa shape index (κ1) is 21.1. The number of nitrogens with zero attached hydrogens (tertiary/aromatic N) is 4. The predicted octanol–water partition coefficient (Wildman–Crippen LogP) is 5.35. The Hall–Kier alpha value is -2.15. The number of hydrogen-bond donors (Lipinski definition) is 1. The van der Waals surface area contributed by atoms with E-state index in [1.54, 1.807) is 22.7 Å². The minimum absolute atomic E-state index is 0.115. The van der Waals surface area contributed by atoms with Crippen molar-refractivity contribution in [1.29, 1.82) is 5.26 Å². The molecule has 0 saturated heterocycles. The van der Waals surface area contributed by atoms with Gasteiger partial charge in [-0.3, -0.25) is 4.79 Å². The van der Waals surface area contributed by atoms with Crippen LogP contribution in [0.5, 0.6) is 0 Å². The minimum atomic E-state index is -0.357. The first-order valence-electron chi connectivity index (χ1n) is 10.1. The third-order valence-corrected chi connectivity index (χ3v) is 8.35. The number of nitrogens with one attached hydrogen (secondary N) is 1. The maximum atomic E-state index is 12.9. The van der Waals surface area contributed by atoms with Crippen molar-refractivity contribution in [2.75, 3.05) is 5.32 Å². The van der Waals surface area contributed by atoms with Gasteiger partial charge in [-0.2, -0.15) is 5.26 Å². The SMILES string of the molecule is CCn1c(S[C@H](C)C(=O)Nc2sc3c(c2C#N)CCCCC3)nnc1-c1cccs1. The molecule has 1 aliphatic carbocycles. The number of aryl methyl sites for hydroxylation is 1. The molecule has 0 spiro atoms. The monoisotopic (exact) mass is 457 g/mol. The van der Waals surface area contributed by atoms with E-state index in [1.165, 1.54) is 23.1 Å². The molecule has 0 bridgehead atoms. The van der Waals surface area contributed by atoms with Crippen molar-refractivity contribution < 1.29 is 4.79 Å². The standard InChI is InChI=1S/C21H23N5OS3/c1-3-26-18(17-10-7-11-28-17)24-25-21(26)29-13(2)19(27)23-20-15(12-22)14-8-5-4-6-9-16(14)30-20/h7,10-11,13H,3-6,8-9H2,1-2H3,(H,23,27)/t13-/m1/s1. The third-order valence-electron chi connectivity index (χ3n) is 5.20. The molecule has 0 aliphatic heterocycles. The molecule has 0 radical (unpaired) electrons. The molecule has 3 heterocycles. The number of fused-ring (bicyclic) bond motifs is 1. The predicted molar refractivity (Wildman–Crippen MR) is 123 cm³/mol. The average Bonchev–Trinajstić information content (AvgIpc) is 3.43. The zero-order valence-electron chi connectivity index (χ0n) is 17.0. The maximum absolute atomic E-state index is 12.9. The lowest BCUT2D eigenvalue weighted by molar-refractivity contribution is -0.115. The number of nitriles is 1. The van der Waals surface area contributed by atoms with Crippen LogP contribution in [0.4, 0.5) is 5.00 Å². The molecule has 1 aliphatic rings. The molecule has 3 aromatic rings. The molecule has 0 unspecified atom stereocenters. The van der Waals surface area contributed by atoms with Gasteiger partial charge in [-0.05, 0) is 56.5 Å². The van der Waals surface area contributed by atoms with E-state index < -0.39 is 0 Å². The van der Waals surface area contributed by atoms with E-state index in [9.17, 15) is 10.1 Å². The van der Waals surface area contributed by atoms with E-state index >= 15 is 0 Å². The molecule has 30 heavy (non-hydrogen) atoms. The number of carbonyl (C=O) groups is 1. The Labute approximate surface area is 188 Å². The average molecular weight is 458 g/mol. The summed E-state index contributed by atoms with van der Waals surface area (Å²) in [5.74, 6) is 0.715. The van der Waals surface area contributed by atoms with E-state index in [-0.39, 0.29) is 11.2 Å². The Kier molecular flexibility index (Phi) is 6.56. The molecule has 0 saturated carbocycles. The third kappa shape index (κ3) is 4.17. The summed E-state index contributed by atoms with van der Waals surface area (Å²) in [4.78, 5) is 15.2. The van der Waals surface area contributed by atoms with Crippen molar-refractivity contribution in [1.82, 2.24) is 14.8 Å². The van der Waals surface area contributed by atoms with Gasteiger partial charge >= 0.3 is 0 Å². The Morgan fingerprint density at radius 1 is 1.37 bits per heavy atom. The van der Waals surface area contributed by atoms with Crippen LogP contribution < -0.4 is 5.32 Å². The fourth-order valence-corrected chi connectivity index (χ4v) is 6.50. The Balaban J connectivity index is 1.50. The highest BCUT2D eigenvalue weighted by Crippen LogP contribution is 2.37. The van der Waals surface area contributed by atoms with Crippen LogP contribution in [-0.2, 0) is 24.2 Å². The van der Waals surface area contributed by atoms with Gasteiger partial charge in [0.15, 0.2) is 11.0 Å². The molecule has 1 amide bonds. The quantitative estimate of drug-likeness (QED) is 0.398. The second-order valence-electron chi connectivity index (χ2n) is 7.16. The minimum Gasteiger partial charge on any atom is -0.316 e. The highest BCUT2D eigenvalue weighted by molar-refractivity contribution is 8.00. The molecule has 156 valence electrons. The molecule has 1 N–H and O–H groups in total. The number of aromatic nitrogens is 3. The van der Waals surface area contributed by atoms with E-state index in [0.717, 1.165) is 53.6 Å². The number of carbonyl (C=O) groups excluding carboxylic acids is 1. The Morgan fingerprint density at radius 2 is 2.20 bits per heavy atom. The lowest BCUT2D eigenvalue weighted by Crippen LogP contribution is -2.23. The second-order valence-corrected chi connectivity index (χ2v) is 10.5. The summed E-state index contributed by atoms with van der Waals surface area (Å²) < 4.78 is 2.04. The summed E-state index contributed by atoms with van der Waals surface area (Å²) in [6.07, 6.45) is 5.39. The van der Waals surface area contributed by atoms with Gasteiger partial charge in [0.2, 0.25) is 5.91 Å². The van der Waals surface area contributed by atoms with Crippen LogP contribution in [0.3, 0.4) is 0 Å². The van der Waals surface area contributed by atoms with Crippen molar-refractivity contribution in [3.05, 3.63) is 33.5 Å². The normalized spacial score (nSPS) is 14.6. The van der Waals surface area contributed by atoms with Crippen LogP contribution in [-0.4, -0.2) is 25.9 Å². The molecule has 6 nitrogen and oxygen atoms in total. The Morgan fingerprint density at radius 3 is 2.93 bits per heavy atom. The van der Waals surface area contributed by atoms with E-state index in [0.29, 0.717) is 10.6 Å². The summed E-state index contributed by atoms with van der Waals surface area (Å²) in [6, 6.07) is 6.34. The van der Waals surface area contributed by atoms with Crippen molar-refractivity contribution in [3.63, 3.8) is 0 Å². The van der Waals surface area contributed by atoms with E-state index in [1.807, 2.05) is 35.9 Å². The fourth-order valence-electron chi connectivity index (χ4n) is 3.62. The molecular weight excluding hydrogens is 434 g/mol. The maximum Gasteiger partial charge on any atom is 0.238 e. The van der Waals surface area contributed by atoms with Gasteiger partial charge in [-0.25, -0.2) is 0 Å². The number of thiophene rings is 2. The van der Waals surface area contributed by atoms with Crippen LogP contribution >= 0.6 is 34.4 Å². The summed E-state index contributed by atoms with van der Waals surface area (Å²) >= 11 is 4.59. The van der Waals surface area contributed by atoms with E-state index in [2.05, 4.69) is 21.6 Å². The largest absolute Gasteiger partial charge is 0.316 e. The van der Waals surface area contributed by atoms with E-state index in [4.69, 9.17) is 0 Å². The van der Waals surface area contributed by atoms with Crippen molar-refractivity contribution >= 4 is 45.3 Å². The van der Waals surface area contributed by atoms with Crippen LogP contribution in [0, 0.1) is 11.3 Å². The zero-order chi connectivity index (χ0) is 21.1. The smallest absolute Gasteiger partial charge is 0.238 e. The van der Waals surface area contributed by atoms with Gasteiger partial charge in [-0.1, -0.05) is 24.2 Å². The van der Waals surface area contributed by atoms with Gasteiger partial charge in [0.1, 0.15) is 11.1 Å². The van der Waals surface area contributed by atoms with Crippen LogP contribution in [0.1, 0.15) is 49.1 Å². The highest BCUT2D eigenvalue weighted by atomic mass is 32.2. The number of hydrogen-bond acceptors (Lipinski definition) is 7. The fraction of sp³-hybridized carbons (Fsp3) is 0.429. The van der Waals surface area contributed by atoms with Gasteiger partial charge in [0.25, 0.3) is 0 Å². The molecule has 0 aromatic carbocycles. The van der Waals surface area contributed by atoms with Crippen molar-refractivity contribution in [3.8, 4) is 16.8 Å². The van der Waals surface area contributed by atoms with Crippen LogP contribution in [0.25, 0.3) is 10.7 Å². The molecular formula is C21H23N5OS3. The summed E-state index contributed by atoms with van der Waals surface area (Å²) in [5.41, 5.74) is 1.79. The number of rotatable bonds is 6. The lowest BCUT2D eigenvalue weighted by atomic mass is 10.1.